The Hall–Kier alpha value is -1.65. The molecule has 1 aromatic carbocycles. The summed E-state index contributed by atoms with van der Waals surface area (Å²) in [4.78, 5) is 4.52. The monoisotopic (exact) mass is 258 g/mol. The molecule has 4 nitrogen and oxygen atoms in total. The molecule has 0 aliphatic carbocycles. The molecule has 0 radical (unpaired) electrons. The second-order valence-corrected chi connectivity index (χ2v) is 4.76. The van der Waals surface area contributed by atoms with Crippen molar-refractivity contribution in [1.29, 1.82) is 0 Å². The van der Waals surface area contributed by atoms with Crippen LogP contribution in [-0.2, 0) is 11.3 Å². The molecule has 19 heavy (non-hydrogen) atoms. The van der Waals surface area contributed by atoms with E-state index in [1.54, 1.807) is 0 Å². The number of rotatable bonds is 3. The van der Waals surface area contributed by atoms with E-state index in [2.05, 4.69) is 4.98 Å². The summed E-state index contributed by atoms with van der Waals surface area (Å²) in [7, 11) is 0. The third-order valence-electron chi connectivity index (χ3n) is 3.40. The molecule has 4 heteroatoms. The van der Waals surface area contributed by atoms with Crippen LogP contribution in [0.4, 0.5) is 0 Å². The minimum Gasteiger partial charge on any atom is -0.489 e. The molecule has 2 N–H and O–H groups in total. The Bertz CT molecular complexity index is 565. The summed E-state index contributed by atoms with van der Waals surface area (Å²) in [5.74, 6) is 0.887. The van der Waals surface area contributed by atoms with Gasteiger partial charge in [0.25, 0.3) is 0 Å². The first-order valence-electron chi connectivity index (χ1n) is 6.70. The number of pyridine rings is 1. The van der Waals surface area contributed by atoms with Crippen LogP contribution in [0.5, 0.6) is 5.75 Å². The fourth-order valence-corrected chi connectivity index (χ4v) is 2.37. The van der Waals surface area contributed by atoms with Gasteiger partial charge in [0.05, 0.1) is 24.4 Å². The number of benzene rings is 1. The van der Waals surface area contributed by atoms with E-state index in [4.69, 9.17) is 15.2 Å². The lowest BCUT2D eigenvalue weighted by Crippen LogP contribution is -2.26. The van der Waals surface area contributed by atoms with Crippen molar-refractivity contribution in [3.05, 3.63) is 36.0 Å². The molecule has 0 atom stereocenters. The average molecular weight is 258 g/mol. The Balaban J connectivity index is 1.95. The van der Waals surface area contributed by atoms with E-state index >= 15 is 0 Å². The number of para-hydroxylation sites is 1. The van der Waals surface area contributed by atoms with Gasteiger partial charge in [0, 0.05) is 30.8 Å². The Morgan fingerprint density at radius 2 is 2.05 bits per heavy atom. The first-order valence-corrected chi connectivity index (χ1v) is 6.70. The second kappa shape index (κ2) is 5.55. The number of ether oxygens (including phenoxy) is 2. The van der Waals surface area contributed by atoms with E-state index in [-0.39, 0.29) is 6.10 Å². The maximum absolute atomic E-state index is 6.14. The smallest absolute Gasteiger partial charge is 0.130 e. The molecule has 1 aromatic heterocycles. The highest BCUT2D eigenvalue weighted by Gasteiger charge is 2.17. The number of hydrogen-bond acceptors (Lipinski definition) is 4. The van der Waals surface area contributed by atoms with Crippen LogP contribution in [0.15, 0.2) is 30.3 Å². The minimum atomic E-state index is 0.227. The van der Waals surface area contributed by atoms with E-state index in [1.165, 1.54) is 0 Å². The number of aromatic nitrogens is 1. The van der Waals surface area contributed by atoms with Crippen LogP contribution in [0.2, 0.25) is 0 Å². The third-order valence-corrected chi connectivity index (χ3v) is 3.40. The normalized spacial score (nSPS) is 16.7. The molecule has 100 valence electrons. The van der Waals surface area contributed by atoms with Gasteiger partial charge in [0.15, 0.2) is 0 Å². The lowest BCUT2D eigenvalue weighted by molar-refractivity contribution is 0.0261. The third kappa shape index (κ3) is 2.69. The number of fused-ring (bicyclic) bond motifs is 1. The van der Waals surface area contributed by atoms with Crippen molar-refractivity contribution in [1.82, 2.24) is 4.98 Å². The number of hydrogen-bond donors (Lipinski definition) is 1. The second-order valence-electron chi connectivity index (χ2n) is 4.76. The molecule has 2 heterocycles. The van der Waals surface area contributed by atoms with Gasteiger partial charge < -0.3 is 15.2 Å². The zero-order valence-electron chi connectivity index (χ0n) is 10.8. The Kier molecular flexibility index (Phi) is 3.62. The van der Waals surface area contributed by atoms with Gasteiger partial charge in [-0.05, 0) is 12.1 Å². The molecular formula is C15H18N2O2. The molecule has 0 unspecified atom stereocenters. The fraction of sp³-hybridized carbons (Fsp3) is 0.400. The number of nitrogens with two attached hydrogens (primary N) is 1. The van der Waals surface area contributed by atoms with E-state index in [0.29, 0.717) is 6.54 Å². The molecule has 2 aromatic rings. The van der Waals surface area contributed by atoms with Crippen LogP contribution in [-0.4, -0.2) is 24.3 Å². The summed E-state index contributed by atoms with van der Waals surface area (Å²) in [6, 6.07) is 9.97. The topological polar surface area (TPSA) is 57.4 Å². The van der Waals surface area contributed by atoms with Crippen molar-refractivity contribution >= 4 is 10.9 Å². The summed E-state index contributed by atoms with van der Waals surface area (Å²) in [5, 5.41) is 1.05. The first kappa shape index (κ1) is 12.4. The van der Waals surface area contributed by atoms with Gasteiger partial charge in [0.2, 0.25) is 0 Å². The highest BCUT2D eigenvalue weighted by atomic mass is 16.5. The van der Waals surface area contributed by atoms with Gasteiger partial charge in [-0.2, -0.15) is 0 Å². The fourth-order valence-electron chi connectivity index (χ4n) is 2.37. The highest BCUT2D eigenvalue weighted by Crippen LogP contribution is 2.27. The Morgan fingerprint density at radius 1 is 1.26 bits per heavy atom. The van der Waals surface area contributed by atoms with Gasteiger partial charge in [-0.1, -0.05) is 12.1 Å². The standard InChI is InChI=1S/C15H18N2O2/c16-10-11-9-15(19-12-5-7-18-8-6-12)13-3-1-2-4-14(13)17-11/h1-4,9,12H,5-8,10,16H2. The number of nitrogens with zero attached hydrogens (tertiary/aromatic N) is 1. The van der Waals surface area contributed by atoms with Crippen LogP contribution in [0, 0.1) is 0 Å². The zero-order valence-corrected chi connectivity index (χ0v) is 10.8. The summed E-state index contributed by atoms with van der Waals surface area (Å²) >= 11 is 0. The molecule has 0 bridgehead atoms. The van der Waals surface area contributed by atoms with Gasteiger partial charge in [-0.15, -0.1) is 0 Å². The van der Waals surface area contributed by atoms with E-state index in [1.807, 2.05) is 30.3 Å². The predicted molar refractivity (Wildman–Crippen MR) is 74.1 cm³/mol. The highest BCUT2D eigenvalue weighted by molar-refractivity contribution is 5.85. The summed E-state index contributed by atoms with van der Waals surface area (Å²) in [6.45, 7) is 1.98. The summed E-state index contributed by atoms with van der Waals surface area (Å²) in [6.07, 6.45) is 2.11. The van der Waals surface area contributed by atoms with Gasteiger partial charge in [-0.3, -0.25) is 4.98 Å². The molecule has 3 rings (SSSR count). The maximum atomic E-state index is 6.14. The quantitative estimate of drug-likeness (QED) is 0.917. The van der Waals surface area contributed by atoms with Crippen molar-refractivity contribution < 1.29 is 9.47 Å². The lowest BCUT2D eigenvalue weighted by atomic mass is 10.1. The molecule has 1 aliphatic rings. The molecule has 1 aliphatic heterocycles. The average Bonchev–Trinajstić information content (AvgIpc) is 2.48. The van der Waals surface area contributed by atoms with E-state index in [9.17, 15) is 0 Å². The van der Waals surface area contributed by atoms with Gasteiger partial charge in [-0.25, -0.2) is 0 Å². The van der Waals surface area contributed by atoms with Crippen molar-refractivity contribution in [3.63, 3.8) is 0 Å². The van der Waals surface area contributed by atoms with E-state index < -0.39 is 0 Å². The van der Waals surface area contributed by atoms with Crippen molar-refractivity contribution in [3.8, 4) is 5.75 Å². The first-order chi connectivity index (χ1) is 9.36. The van der Waals surface area contributed by atoms with Crippen molar-refractivity contribution in [2.24, 2.45) is 5.73 Å². The van der Waals surface area contributed by atoms with Crippen LogP contribution in [0.3, 0.4) is 0 Å². The van der Waals surface area contributed by atoms with Crippen LogP contribution >= 0.6 is 0 Å². The molecule has 0 amide bonds. The zero-order chi connectivity index (χ0) is 13.1. The Morgan fingerprint density at radius 3 is 2.84 bits per heavy atom. The van der Waals surface area contributed by atoms with E-state index in [0.717, 1.165) is 48.4 Å². The maximum Gasteiger partial charge on any atom is 0.130 e. The SMILES string of the molecule is NCc1cc(OC2CCOCC2)c2ccccc2n1. The Labute approximate surface area is 112 Å². The van der Waals surface area contributed by atoms with Crippen molar-refractivity contribution in [2.45, 2.75) is 25.5 Å². The molecule has 0 saturated carbocycles. The lowest BCUT2D eigenvalue weighted by Gasteiger charge is -2.24. The van der Waals surface area contributed by atoms with Crippen molar-refractivity contribution in [2.75, 3.05) is 13.2 Å². The predicted octanol–water partition coefficient (Wildman–Crippen LogP) is 2.25. The molecule has 1 fully saturated rings. The largest absolute Gasteiger partial charge is 0.489 e. The summed E-state index contributed by atoms with van der Waals surface area (Å²) < 4.78 is 11.5. The minimum absolute atomic E-state index is 0.227. The van der Waals surface area contributed by atoms with Crippen LogP contribution < -0.4 is 10.5 Å². The molecule has 0 spiro atoms. The summed E-state index contributed by atoms with van der Waals surface area (Å²) in [5.41, 5.74) is 7.50. The van der Waals surface area contributed by atoms with Crippen LogP contribution in [0.1, 0.15) is 18.5 Å². The molecular weight excluding hydrogens is 240 g/mol. The van der Waals surface area contributed by atoms with Crippen LogP contribution in [0.25, 0.3) is 10.9 Å². The molecule has 1 saturated heterocycles. The van der Waals surface area contributed by atoms with Gasteiger partial charge in [0.1, 0.15) is 11.9 Å². The van der Waals surface area contributed by atoms with Gasteiger partial charge >= 0.3 is 0 Å².